The Morgan fingerprint density at radius 2 is 2.00 bits per heavy atom. The van der Waals surface area contributed by atoms with Crippen molar-refractivity contribution in [3.63, 3.8) is 0 Å². The van der Waals surface area contributed by atoms with Gasteiger partial charge in [-0.15, -0.1) is 0 Å². The molecule has 1 rings (SSSR count). The van der Waals surface area contributed by atoms with Crippen LogP contribution in [0, 0.1) is 0 Å². The molecular formula is C7H12N4OS. The van der Waals surface area contributed by atoms with Crippen LogP contribution in [0.3, 0.4) is 0 Å². The van der Waals surface area contributed by atoms with Gasteiger partial charge < -0.3 is 11.1 Å². The van der Waals surface area contributed by atoms with Crippen molar-refractivity contribution < 1.29 is 4.79 Å². The number of hydrogen-bond donors (Lipinski definition) is 4. The lowest BCUT2D eigenvalue weighted by molar-refractivity contribution is 0.235. The van der Waals surface area contributed by atoms with Crippen molar-refractivity contribution in [2.24, 2.45) is 5.73 Å². The van der Waals surface area contributed by atoms with Gasteiger partial charge in [0.1, 0.15) is 0 Å². The van der Waals surface area contributed by atoms with Crippen LogP contribution in [0.1, 0.15) is 12.8 Å². The van der Waals surface area contributed by atoms with E-state index in [0.29, 0.717) is 0 Å². The molecule has 1 aliphatic carbocycles. The highest BCUT2D eigenvalue weighted by Crippen LogP contribution is 2.08. The van der Waals surface area contributed by atoms with Gasteiger partial charge >= 0.3 is 6.03 Å². The van der Waals surface area contributed by atoms with Crippen LogP contribution in [0.15, 0.2) is 12.2 Å². The molecule has 0 aromatic carbocycles. The molecule has 1 aliphatic rings. The molecular weight excluding hydrogens is 188 g/mol. The summed E-state index contributed by atoms with van der Waals surface area (Å²) < 4.78 is 0. The monoisotopic (exact) mass is 200 g/mol. The van der Waals surface area contributed by atoms with Crippen LogP contribution in [0.4, 0.5) is 4.79 Å². The first-order valence-electron chi connectivity index (χ1n) is 3.95. The van der Waals surface area contributed by atoms with Crippen molar-refractivity contribution in [3.8, 4) is 0 Å². The van der Waals surface area contributed by atoms with Crippen LogP contribution >= 0.6 is 12.2 Å². The highest BCUT2D eigenvalue weighted by Gasteiger charge is 2.12. The molecule has 0 aliphatic heterocycles. The maximum Gasteiger partial charge on any atom is 0.333 e. The number of nitrogens with one attached hydrogen (secondary N) is 3. The maximum absolute atomic E-state index is 11.1. The van der Waals surface area contributed by atoms with E-state index in [1.54, 1.807) is 0 Å². The van der Waals surface area contributed by atoms with Crippen molar-refractivity contribution in [2.45, 2.75) is 18.9 Å². The molecule has 0 aromatic heterocycles. The minimum Gasteiger partial charge on any atom is -0.375 e. The first-order valence-corrected chi connectivity index (χ1v) is 4.36. The summed E-state index contributed by atoms with van der Waals surface area (Å²) >= 11 is 4.51. The summed E-state index contributed by atoms with van der Waals surface area (Å²) in [5.74, 6) is 0. The lowest BCUT2D eigenvalue weighted by Gasteiger charge is -2.13. The number of nitrogens with two attached hydrogens (primary N) is 1. The van der Waals surface area contributed by atoms with Crippen molar-refractivity contribution in [1.82, 2.24) is 16.2 Å². The molecule has 72 valence electrons. The van der Waals surface area contributed by atoms with Gasteiger partial charge in [-0.05, 0) is 25.1 Å². The van der Waals surface area contributed by atoms with Crippen LogP contribution in [-0.2, 0) is 0 Å². The van der Waals surface area contributed by atoms with Crippen molar-refractivity contribution in [3.05, 3.63) is 12.2 Å². The Hall–Kier alpha value is -1.30. The molecule has 0 atom stereocenters. The first kappa shape index (κ1) is 9.79. The van der Waals surface area contributed by atoms with Gasteiger partial charge in [0.2, 0.25) is 0 Å². The van der Waals surface area contributed by atoms with Crippen LogP contribution in [0.2, 0.25) is 0 Å². The van der Waals surface area contributed by atoms with E-state index >= 15 is 0 Å². The summed E-state index contributed by atoms with van der Waals surface area (Å²) in [4.78, 5) is 11.1. The Morgan fingerprint density at radius 1 is 1.38 bits per heavy atom. The molecule has 0 fully saturated rings. The van der Waals surface area contributed by atoms with Crippen LogP contribution < -0.4 is 21.9 Å². The van der Waals surface area contributed by atoms with Gasteiger partial charge in [0.25, 0.3) is 0 Å². The van der Waals surface area contributed by atoms with Crippen molar-refractivity contribution in [2.75, 3.05) is 0 Å². The van der Waals surface area contributed by atoms with E-state index in [-0.39, 0.29) is 17.2 Å². The number of urea groups is 1. The minimum atomic E-state index is -0.318. The van der Waals surface area contributed by atoms with Gasteiger partial charge in [-0.25, -0.2) is 10.2 Å². The average molecular weight is 200 g/mol. The van der Waals surface area contributed by atoms with Gasteiger partial charge in [0.15, 0.2) is 5.11 Å². The van der Waals surface area contributed by atoms with Crippen molar-refractivity contribution >= 4 is 23.4 Å². The van der Waals surface area contributed by atoms with Gasteiger partial charge in [-0.3, -0.25) is 5.43 Å². The van der Waals surface area contributed by atoms with Crippen LogP contribution in [-0.4, -0.2) is 17.2 Å². The number of rotatable bonds is 1. The van der Waals surface area contributed by atoms with E-state index in [0.717, 1.165) is 12.8 Å². The molecule has 0 saturated carbocycles. The molecule has 13 heavy (non-hydrogen) atoms. The summed E-state index contributed by atoms with van der Waals surface area (Å²) in [5, 5.41) is 2.79. The number of thiocarbonyl (C=S) groups is 1. The highest BCUT2D eigenvalue weighted by molar-refractivity contribution is 7.80. The number of amides is 2. The standard InChI is InChI=1S/C7H12N4OS/c8-6(13)10-11-7(12)9-5-3-1-2-4-5/h1-2,5H,3-4H2,(H3,8,10,13)(H2,9,11,12). The second-order valence-electron chi connectivity index (χ2n) is 2.73. The van der Waals surface area contributed by atoms with E-state index in [1.165, 1.54) is 0 Å². The Bertz CT molecular complexity index is 233. The smallest absolute Gasteiger partial charge is 0.333 e. The molecule has 0 saturated heterocycles. The number of carbonyl (C=O) groups excluding carboxylic acids is 1. The predicted molar refractivity (Wildman–Crippen MR) is 53.8 cm³/mol. The molecule has 0 unspecified atom stereocenters. The topological polar surface area (TPSA) is 79.2 Å². The molecule has 0 radical (unpaired) electrons. The molecule has 0 aromatic rings. The quantitative estimate of drug-likeness (QED) is 0.267. The zero-order valence-electron chi connectivity index (χ0n) is 7.04. The Morgan fingerprint density at radius 3 is 2.54 bits per heavy atom. The average Bonchev–Trinajstić information content (AvgIpc) is 2.53. The Kier molecular flexibility index (Phi) is 3.51. The number of hydrogen-bond acceptors (Lipinski definition) is 2. The SMILES string of the molecule is NC(=S)NNC(=O)NC1CC=CC1. The molecule has 0 heterocycles. The minimum absolute atomic E-state index is 0.0414. The molecule has 5 N–H and O–H groups in total. The largest absolute Gasteiger partial charge is 0.375 e. The van der Waals surface area contributed by atoms with Crippen LogP contribution in [0.25, 0.3) is 0 Å². The van der Waals surface area contributed by atoms with Crippen LogP contribution in [0.5, 0.6) is 0 Å². The number of hydrazine groups is 1. The summed E-state index contributed by atoms with van der Waals surface area (Å²) in [7, 11) is 0. The predicted octanol–water partition coefficient (Wildman–Crippen LogP) is -0.248. The number of carbonyl (C=O) groups is 1. The van der Waals surface area contributed by atoms with E-state index in [1.807, 2.05) is 12.2 Å². The van der Waals surface area contributed by atoms with Gasteiger partial charge in [-0.2, -0.15) is 0 Å². The van der Waals surface area contributed by atoms with Gasteiger partial charge in [0, 0.05) is 6.04 Å². The fraction of sp³-hybridized carbons (Fsp3) is 0.429. The van der Waals surface area contributed by atoms with Gasteiger partial charge in [0.05, 0.1) is 0 Å². The Balaban J connectivity index is 2.14. The summed E-state index contributed by atoms with van der Waals surface area (Å²) in [6.07, 6.45) is 5.82. The Labute approximate surface area is 81.7 Å². The van der Waals surface area contributed by atoms with Crippen molar-refractivity contribution in [1.29, 1.82) is 0 Å². The van der Waals surface area contributed by atoms with E-state index in [2.05, 4.69) is 28.4 Å². The normalized spacial score (nSPS) is 15.4. The molecule has 6 heteroatoms. The van der Waals surface area contributed by atoms with E-state index in [9.17, 15) is 4.79 Å². The second kappa shape index (κ2) is 4.66. The molecule has 0 spiro atoms. The maximum atomic E-state index is 11.1. The zero-order chi connectivity index (χ0) is 9.68. The van der Waals surface area contributed by atoms with E-state index in [4.69, 9.17) is 5.73 Å². The summed E-state index contributed by atoms with van der Waals surface area (Å²) in [6, 6.07) is -0.130. The van der Waals surface area contributed by atoms with Gasteiger partial charge in [-0.1, -0.05) is 12.2 Å². The van der Waals surface area contributed by atoms with E-state index < -0.39 is 0 Å². The third-order valence-corrected chi connectivity index (χ3v) is 1.74. The zero-order valence-corrected chi connectivity index (χ0v) is 7.86. The third kappa shape index (κ3) is 3.75. The molecule has 5 nitrogen and oxygen atoms in total. The molecule has 2 amide bonds. The lowest BCUT2D eigenvalue weighted by Crippen LogP contribution is -2.50. The molecule has 0 bridgehead atoms. The fourth-order valence-corrected chi connectivity index (χ4v) is 1.13. The first-order chi connectivity index (χ1) is 6.18. The fourth-order valence-electron chi connectivity index (χ4n) is 1.07. The third-order valence-electron chi connectivity index (χ3n) is 1.64. The highest BCUT2D eigenvalue weighted by atomic mass is 32.1. The second-order valence-corrected chi connectivity index (χ2v) is 3.17. The summed E-state index contributed by atoms with van der Waals surface area (Å²) in [5.41, 5.74) is 9.78. The summed E-state index contributed by atoms with van der Waals surface area (Å²) in [6.45, 7) is 0. The lowest BCUT2D eigenvalue weighted by atomic mass is 10.2.